The summed E-state index contributed by atoms with van der Waals surface area (Å²) in [6.07, 6.45) is 5.71. The lowest BCUT2D eigenvalue weighted by Crippen LogP contribution is -2.24. The molecule has 1 nitrogen and oxygen atoms in total. The van der Waals surface area contributed by atoms with E-state index in [1.807, 2.05) is 13.8 Å². The van der Waals surface area contributed by atoms with Crippen LogP contribution in [-0.4, -0.2) is 13.9 Å². The van der Waals surface area contributed by atoms with Crippen molar-refractivity contribution in [2.75, 3.05) is 0 Å². The van der Waals surface area contributed by atoms with Crippen LogP contribution in [0.15, 0.2) is 11.6 Å². The summed E-state index contributed by atoms with van der Waals surface area (Å²) in [4.78, 5) is 12.1. The summed E-state index contributed by atoms with van der Waals surface area (Å²) in [5.74, 6) is 3.76. The normalized spacial score (nSPS) is 17.1. The smallest absolute Gasteiger partial charge is 0.210 e. The predicted molar refractivity (Wildman–Crippen MR) is 81.0 cm³/mol. The van der Waals surface area contributed by atoms with Crippen LogP contribution in [0, 0.1) is 22.8 Å². The van der Waals surface area contributed by atoms with Gasteiger partial charge in [-0.15, -0.1) is 5.54 Å². The van der Waals surface area contributed by atoms with Crippen molar-refractivity contribution in [3.63, 3.8) is 0 Å². The minimum atomic E-state index is -1.45. The Bertz CT molecular complexity index is 409. The molecule has 0 aromatic carbocycles. The first-order chi connectivity index (χ1) is 8.12. The second kappa shape index (κ2) is 5.44. The van der Waals surface area contributed by atoms with E-state index in [1.54, 1.807) is 0 Å². The highest BCUT2D eigenvalue weighted by molar-refractivity contribution is 6.84. The fourth-order valence-corrected chi connectivity index (χ4v) is 2.12. The highest BCUT2D eigenvalue weighted by Gasteiger charge is 2.27. The Kier molecular flexibility index (Phi) is 4.61. The maximum absolute atomic E-state index is 12.1. The van der Waals surface area contributed by atoms with Gasteiger partial charge in [-0.05, 0) is 38.0 Å². The molecular weight excluding hydrogens is 236 g/mol. The van der Waals surface area contributed by atoms with Gasteiger partial charge in [0.25, 0.3) is 0 Å². The van der Waals surface area contributed by atoms with Gasteiger partial charge in [-0.3, -0.25) is 4.79 Å². The van der Waals surface area contributed by atoms with E-state index in [0.717, 1.165) is 12.3 Å². The summed E-state index contributed by atoms with van der Waals surface area (Å²) in [6.45, 7) is 12.7. The van der Waals surface area contributed by atoms with E-state index in [2.05, 4.69) is 44.1 Å². The molecule has 0 aromatic heterocycles. The summed E-state index contributed by atoms with van der Waals surface area (Å²) in [5, 5.41) is 0. The minimum Gasteiger partial charge on any atom is -0.284 e. The Morgan fingerprint density at radius 1 is 1.33 bits per heavy atom. The molecule has 0 spiro atoms. The zero-order chi connectivity index (χ0) is 14.0. The summed E-state index contributed by atoms with van der Waals surface area (Å²) in [7, 11) is -1.45. The Labute approximate surface area is 113 Å². The van der Waals surface area contributed by atoms with Crippen LogP contribution in [0.4, 0.5) is 0 Å². The van der Waals surface area contributed by atoms with Crippen LogP contribution in [0.25, 0.3) is 0 Å². The van der Waals surface area contributed by atoms with Crippen molar-refractivity contribution in [1.82, 2.24) is 0 Å². The molecule has 0 heterocycles. The molecule has 2 heteroatoms. The molecule has 0 radical (unpaired) electrons. The zero-order valence-corrected chi connectivity index (χ0v) is 13.7. The van der Waals surface area contributed by atoms with Crippen LogP contribution < -0.4 is 0 Å². The van der Waals surface area contributed by atoms with Crippen LogP contribution in [0.2, 0.25) is 19.6 Å². The number of allylic oxidation sites excluding steroid dienone is 2. The molecule has 1 rings (SSSR count). The lowest BCUT2D eigenvalue weighted by Gasteiger charge is -2.18. The summed E-state index contributed by atoms with van der Waals surface area (Å²) in [6, 6.07) is 0. The Morgan fingerprint density at radius 2 is 1.89 bits per heavy atom. The van der Waals surface area contributed by atoms with Crippen molar-refractivity contribution in [3.8, 4) is 11.5 Å². The topological polar surface area (TPSA) is 17.1 Å². The van der Waals surface area contributed by atoms with Gasteiger partial charge in [0, 0.05) is 5.41 Å². The van der Waals surface area contributed by atoms with Crippen molar-refractivity contribution in [3.05, 3.63) is 11.6 Å². The third kappa shape index (κ3) is 5.22. The first kappa shape index (κ1) is 15.2. The van der Waals surface area contributed by atoms with E-state index in [1.165, 1.54) is 18.4 Å². The number of rotatable bonds is 4. The van der Waals surface area contributed by atoms with Crippen molar-refractivity contribution in [1.29, 1.82) is 0 Å². The third-order valence-corrected chi connectivity index (χ3v) is 4.20. The van der Waals surface area contributed by atoms with Gasteiger partial charge in [-0.25, -0.2) is 0 Å². The van der Waals surface area contributed by atoms with Gasteiger partial charge in [-0.2, -0.15) is 0 Å². The number of carbonyl (C=O) groups excluding carboxylic acids is 1. The average Bonchev–Trinajstić information content (AvgIpc) is 3.05. The maximum Gasteiger partial charge on any atom is 0.210 e. The van der Waals surface area contributed by atoms with Crippen LogP contribution in [0.1, 0.15) is 40.0 Å². The number of hydrogen-bond donors (Lipinski definition) is 0. The molecule has 1 saturated carbocycles. The quantitative estimate of drug-likeness (QED) is 0.421. The summed E-state index contributed by atoms with van der Waals surface area (Å²) < 4.78 is 0. The Hall–Kier alpha value is -0.813. The predicted octanol–water partition coefficient (Wildman–Crippen LogP) is 4.21. The van der Waals surface area contributed by atoms with E-state index >= 15 is 0 Å². The average molecular weight is 262 g/mol. The highest BCUT2D eigenvalue weighted by atomic mass is 28.3. The SMILES string of the molecule is C/C(=C\CC(C)(C)C(=O)C#C[Si](C)(C)C)C1CC1. The third-order valence-electron chi connectivity index (χ3n) is 3.32. The summed E-state index contributed by atoms with van der Waals surface area (Å²) >= 11 is 0. The molecule has 0 unspecified atom stereocenters. The molecule has 1 fully saturated rings. The largest absolute Gasteiger partial charge is 0.284 e. The lowest BCUT2D eigenvalue weighted by molar-refractivity contribution is -0.121. The molecule has 0 amide bonds. The van der Waals surface area contributed by atoms with Gasteiger partial charge < -0.3 is 0 Å². The standard InChI is InChI=1S/C16H26OSi/c1-13(14-7-8-14)9-11-16(2,3)15(17)10-12-18(4,5)6/h9,14H,7-8,11H2,1-6H3/b13-9+. The van der Waals surface area contributed by atoms with E-state index in [4.69, 9.17) is 0 Å². The van der Waals surface area contributed by atoms with Crippen molar-refractivity contribution >= 4 is 13.9 Å². The number of ketones is 1. The van der Waals surface area contributed by atoms with Gasteiger partial charge in [-0.1, -0.05) is 45.1 Å². The van der Waals surface area contributed by atoms with Crippen LogP contribution >= 0.6 is 0 Å². The van der Waals surface area contributed by atoms with Gasteiger partial charge >= 0.3 is 0 Å². The first-order valence-corrected chi connectivity index (χ1v) is 10.4. The van der Waals surface area contributed by atoms with Crippen molar-refractivity contribution in [2.24, 2.45) is 11.3 Å². The molecule has 18 heavy (non-hydrogen) atoms. The minimum absolute atomic E-state index is 0.0878. The van der Waals surface area contributed by atoms with E-state index in [-0.39, 0.29) is 11.2 Å². The molecule has 1 aliphatic rings. The Balaban J connectivity index is 2.64. The second-order valence-electron chi connectivity index (χ2n) is 7.14. The molecule has 0 aliphatic heterocycles. The molecule has 0 N–H and O–H groups in total. The second-order valence-corrected chi connectivity index (χ2v) is 11.9. The monoisotopic (exact) mass is 262 g/mol. The fraction of sp³-hybridized carbons (Fsp3) is 0.688. The summed E-state index contributed by atoms with van der Waals surface area (Å²) in [5.41, 5.74) is 4.28. The molecular formula is C16H26OSi. The van der Waals surface area contributed by atoms with Gasteiger partial charge in [0.05, 0.1) is 0 Å². The van der Waals surface area contributed by atoms with E-state index in [0.29, 0.717) is 0 Å². The molecule has 0 atom stereocenters. The molecule has 0 saturated heterocycles. The molecule has 1 aliphatic carbocycles. The maximum atomic E-state index is 12.1. The van der Waals surface area contributed by atoms with E-state index < -0.39 is 8.07 Å². The zero-order valence-electron chi connectivity index (χ0n) is 12.7. The first-order valence-electron chi connectivity index (χ1n) is 6.86. The number of hydrogen-bond acceptors (Lipinski definition) is 1. The van der Waals surface area contributed by atoms with Gasteiger partial charge in [0.2, 0.25) is 5.78 Å². The van der Waals surface area contributed by atoms with E-state index in [9.17, 15) is 4.79 Å². The Morgan fingerprint density at radius 3 is 2.33 bits per heavy atom. The molecule has 0 aromatic rings. The lowest BCUT2D eigenvalue weighted by atomic mass is 9.84. The van der Waals surface area contributed by atoms with Crippen LogP contribution in [0.3, 0.4) is 0 Å². The highest BCUT2D eigenvalue weighted by Crippen LogP contribution is 2.37. The van der Waals surface area contributed by atoms with Crippen molar-refractivity contribution in [2.45, 2.75) is 59.7 Å². The number of carbonyl (C=O) groups is 1. The van der Waals surface area contributed by atoms with Crippen LogP contribution in [0.5, 0.6) is 0 Å². The van der Waals surface area contributed by atoms with Crippen LogP contribution in [-0.2, 0) is 4.79 Å². The molecule has 100 valence electrons. The van der Waals surface area contributed by atoms with Crippen molar-refractivity contribution < 1.29 is 4.79 Å². The number of Topliss-reactive ketones (excluding diaryl/α,β-unsaturated/α-hetero) is 1. The fourth-order valence-electron chi connectivity index (χ4n) is 1.63. The van der Waals surface area contributed by atoms with Gasteiger partial charge in [0.15, 0.2) is 0 Å². The molecule has 0 bridgehead atoms. The van der Waals surface area contributed by atoms with Gasteiger partial charge in [0.1, 0.15) is 8.07 Å².